The van der Waals surface area contributed by atoms with Crippen molar-refractivity contribution in [1.82, 2.24) is 20.5 Å². The minimum atomic E-state index is -0.513. The zero-order valence-electron chi connectivity index (χ0n) is 17.5. The van der Waals surface area contributed by atoms with Gasteiger partial charge in [0.05, 0.1) is 6.61 Å². The number of H-pyrrole nitrogens is 1. The quantitative estimate of drug-likeness (QED) is 0.703. The van der Waals surface area contributed by atoms with E-state index in [2.05, 4.69) is 20.5 Å². The predicted molar refractivity (Wildman–Crippen MR) is 110 cm³/mol. The van der Waals surface area contributed by atoms with Gasteiger partial charge in [0.1, 0.15) is 0 Å². The van der Waals surface area contributed by atoms with E-state index in [1.807, 2.05) is 24.3 Å². The number of nitrogens with one attached hydrogen (secondary N) is 2. The number of rotatable bonds is 6. The maximum absolute atomic E-state index is 13.2. The van der Waals surface area contributed by atoms with Crippen molar-refractivity contribution in [2.45, 2.75) is 26.3 Å². The van der Waals surface area contributed by atoms with E-state index >= 15 is 0 Å². The highest BCUT2D eigenvalue weighted by molar-refractivity contribution is 5.85. The van der Waals surface area contributed by atoms with Crippen molar-refractivity contribution in [3.63, 3.8) is 0 Å². The van der Waals surface area contributed by atoms with Gasteiger partial charge >= 0.3 is 5.97 Å². The van der Waals surface area contributed by atoms with Crippen LogP contribution >= 0.6 is 0 Å². The number of benzene rings is 1. The van der Waals surface area contributed by atoms with Gasteiger partial charge in [0.2, 0.25) is 11.7 Å². The summed E-state index contributed by atoms with van der Waals surface area (Å²) in [5.41, 5.74) is 1.81. The van der Waals surface area contributed by atoms with Crippen LogP contribution in [0.5, 0.6) is 0 Å². The maximum Gasteiger partial charge on any atom is 0.375 e. The molecule has 5 aliphatic rings. The number of hydrogen-bond acceptors (Lipinski definition) is 5. The van der Waals surface area contributed by atoms with Crippen LogP contribution in [-0.2, 0) is 16.1 Å². The van der Waals surface area contributed by atoms with Gasteiger partial charge < -0.3 is 10.1 Å². The Hall–Kier alpha value is -2.70. The summed E-state index contributed by atoms with van der Waals surface area (Å²) in [6.45, 7) is 2.55. The van der Waals surface area contributed by atoms with E-state index in [0.717, 1.165) is 46.6 Å². The highest BCUT2D eigenvalue weighted by Gasteiger charge is 2.81. The van der Waals surface area contributed by atoms with Crippen LogP contribution in [0.4, 0.5) is 0 Å². The monoisotopic (exact) mass is 418 g/mol. The van der Waals surface area contributed by atoms with Gasteiger partial charge in [-0.25, -0.2) is 9.78 Å². The van der Waals surface area contributed by atoms with Crippen LogP contribution in [0.1, 0.15) is 35.9 Å². The Balaban J connectivity index is 1.05. The zero-order valence-corrected chi connectivity index (χ0v) is 17.5. The second kappa shape index (κ2) is 6.17. The lowest BCUT2D eigenvalue weighted by Crippen LogP contribution is -2.48. The number of esters is 1. The van der Waals surface area contributed by atoms with Gasteiger partial charge in [-0.15, -0.1) is 0 Å². The van der Waals surface area contributed by atoms with Crippen LogP contribution in [0.25, 0.3) is 11.4 Å². The summed E-state index contributed by atoms with van der Waals surface area (Å²) in [4.78, 5) is 29.3. The molecule has 2 N–H and O–H groups in total. The number of hydrogen-bond donors (Lipinski definition) is 2. The molecule has 1 aromatic heterocycles. The van der Waals surface area contributed by atoms with E-state index in [4.69, 9.17) is 4.74 Å². The van der Waals surface area contributed by atoms with Gasteiger partial charge in [-0.05, 0) is 78.7 Å². The SMILES string of the molecule is CCOC(=O)c1nc(-c2cccc(CNC(=O)C3C4C5CC6C7C5CC4C7C63)c2)n[nH]1. The van der Waals surface area contributed by atoms with Crippen molar-refractivity contribution < 1.29 is 14.3 Å². The Morgan fingerprint density at radius 1 is 1.10 bits per heavy atom. The molecule has 1 aromatic carbocycles. The Morgan fingerprint density at radius 3 is 2.74 bits per heavy atom. The number of aromatic nitrogens is 3. The van der Waals surface area contributed by atoms with Crippen LogP contribution in [0.2, 0.25) is 0 Å². The first kappa shape index (κ1) is 17.9. The summed E-state index contributed by atoms with van der Waals surface area (Å²) in [7, 11) is 0. The van der Waals surface area contributed by atoms with Gasteiger partial charge in [-0.3, -0.25) is 9.89 Å². The smallest absolute Gasteiger partial charge is 0.375 e. The second-order valence-electron chi connectivity index (χ2n) is 10.1. The van der Waals surface area contributed by atoms with E-state index in [-0.39, 0.29) is 24.3 Å². The first-order valence-corrected chi connectivity index (χ1v) is 11.6. The predicted octanol–water partition coefficient (Wildman–Crippen LogP) is 2.66. The average Bonchev–Trinajstić information content (AvgIpc) is 3.48. The van der Waals surface area contributed by atoms with Crippen LogP contribution in [0, 0.1) is 53.3 Å². The fourth-order valence-electron chi connectivity index (χ4n) is 8.63. The molecule has 0 aliphatic heterocycles. The molecule has 1 heterocycles. The first-order valence-electron chi connectivity index (χ1n) is 11.6. The second-order valence-corrected chi connectivity index (χ2v) is 10.1. The van der Waals surface area contributed by atoms with E-state index in [0.29, 0.717) is 24.2 Å². The number of aromatic amines is 1. The lowest BCUT2D eigenvalue weighted by Gasteiger charge is -2.47. The maximum atomic E-state index is 13.2. The minimum absolute atomic E-state index is 0.0960. The molecule has 31 heavy (non-hydrogen) atoms. The molecule has 2 bridgehead atoms. The van der Waals surface area contributed by atoms with E-state index in [1.54, 1.807) is 6.92 Å². The molecule has 5 fully saturated rings. The Morgan fingerprint density at radius 2 is 1.90 bits per heavy atom. The molecule has 1 amide bonds. The summed E-state index contributed by atoms with van der Waals surface area (Å²) >= 11 is 0. The highest BCUT2D eigenvalue weighted by Crippen LogP contribution is 2.84. The van der Waals surface area contributed by atoms with E-state index in [9.17, 15) is 9.59 Å². The van der Waals surface area contributed by atoms with E-state index in [1.165, 1.54) is 12.8 Å². The molecular weight excluding hydrogens is 392 g/mol. The fraction of sp³-hybridized carbons (Fsp3) is 0.583. The lowest BCUT2D eigenvalue weighted by molar-refractivity contribution is -0.132. The van der Waals surface area contributed by atoms with E-state index < -0.39 is 5.97 Å². The van der Waals surface area contributed by atoms with Crippen molar-refractivity contribution in [1.29, 1.82) is 0 Å². The Kier molecular flexibility index (Phi) is 3.57. The topological polar surface area (TPSA) is 97.0 Å². The number of ether oxygens (including phenoxy) is 1. The summed E-state index contributed by atoms with van der Waals surface area (Å²) in [5.74, 6) is 7.23. The van der Waals surface area contributed by atoms with Crippen LogP contribution in [0.3, 0.4) is 0 Å². The molecule has 9 atom stereocenters. The molecule has 7 rings (SSSR count). The molecule has 0 radical (unpaired) electrons. The van der Waals surface area contributed by atoms with Crippen LogP contribution < -0.4 is 5.32 Å². The molecule has 5 aliphatic carbocycles. The summed E-state index contributed by atoms with van der Waals surface area (Å²) in [6.07, 6.45) is 2.82. The average molecular weight is 418 g/mol. The van der Waals surface area contributed by atoms with Crippen LogP contribution in [-0.4, -0.2) is 33.7 Å². The van der Waals surface area contributed by atoms with Crippen molar-refractivity contribution in [2.75, 3.05) is 6.61 Å². The van der Waals surface area contributed by atoms with Crippen LogP contribution in [0.15, 0.2) is 24.3 Å². The lowest BCUT2D eigenvalue weighted by atomic mass is 9.57. The summed E-state index contributed by atoms with van der Waals surface area (Å²) < 4.78 is 4.96. The van der Waals surface area contributed by atoms with Gasteiger partial charge in [-0.2, -0.15) is 5.10 Å². The normalized spacial score (nSPS) is 39.7. The van der Waals surface area contributed by atoms with Gasteiger partial charge in [0.25, 0.3) is 0 Å². The van der Waals surface area contributed by atoms with Crippen molar-refractivity contribution in [3.05, 3.63) is 35.7 Å². The molecule has 7 nitrogen and oxygen atoms in total. The standard InChI is InChI=1S/C24H26N4O3/c1-2-31-24(30)22-26-21(27-28-22)11-5-3-4-10(6-11)9-25-23(29)20-17-13-8-14-16-12(13)7-15(17)18(16)19(14)20/h3-6,12-20H,2,7-9H2,1H3,(H,25,29)(H,26,27,28). The van der Waals surface area contributed by atoms with Crippen molar-refractivity contribution in [2.24, 2.45) is 53.3 Å². The van der Waals surface area contributed by atoms with Gasteiger partial charge in [0.15, 0.2) is 5.82 Å². The summed E-state index contributed by atoms with van der Waals surface area (Å²) in [5, 5.41) is 10.0. The number of nitrogens with zero attached hydrogens (tertiary/aromatic N) is 2. The minimum Gasteiger partial charge on any atom is -0.460 e. The Bertz CT molecular complexity index is 1090. The summed E-state index contributed by atoms with van der Waals surface area (Å²) in [6, 6.07) is 7.81. The fourth-order valence-corrected chi connectivity index (χ4v) is 8.63. The third-order valence-corrected chi connectivity index (χ3v) is 9.23. The van der Waals surface area contributed by atoms with Crippen molar-refractivity contribution >= 4 is 11.9 Å². The third kappa shape index (κ3) is 2.24. The zero-order chi connectivity index (χ0) is 20.9. The highest BCUT2D eigenvalue weighted by atomic mass is 16.5. The Labute approximate surface area is 180 Å². The molecule has 0 saturated heterocycles. The molecule has 0 spiro atoms. The largest absolute Gasteiger partial charge is 0.460 e. The molecule has 160 valence electrons. The molecular formula is C24H26N4O3. The number of amides is 1. The van der Waals surface area contributed by atoms with Crippen molar-refractivity contribution in [3.8, 4) is 11.4 Å². The molecule has 9 unspecified atom stereocenters. The van der Waals surface area contributed by atoms with Gasteiger partial charge in [-0.1, -0.05) is 18.2 Å². The molecule has 5 saturated carbocycles. The first-order chi connectivity index (χ1) is 15.2. The molecule has 2 aromatic rings. The number of carbonyl (C=O) groups excluding carboxylic acids is 2. The number of carbonyl (C=O) groups is 2. The third-order valence-electron chi connectivity index (χ3n) is 9.23. The van der Waals surface area contributed by atoms with Gasteiger partial charge in [0, 0.05) is 18.0 Å². The number of fused-ring (bicyclic) bond motifs is 2. The molecule has 7 heteroatoms.